The molecule has 62 valence electrons. The maximum atomic E-state index is 13.0. The molecule has 4 heteroatoms. The Bertz CT molecular complexity index is 265. The van der Waals surface area contributed by atoms with Gasteiger partial charge in [0.1, 0.15) is 0 Å². The van der Waals surface area contributed by atoms with Gasteiger partial charge in [-0.05, 0) is 6.42 Å². The van der Waals surface area contributed by atoms with Gasteiger partial charge in [-0.25, -0.2) is 9.18 Å². The molecule has 1 aromatic heterocycles. The lowest BCUT2D eigenvalue weighted by Crippen LogP contribution is -2.18. The zero-order chi connectivity index (χ0) is 8.27. The van der Waals surface area contributed by atoms with Crippen LogP contribution >= 0.6 is 0 Å². The molecule has 1 atom stereocenters. The predicted molar refractivity (Wildman–Crippen MR) is 40.1 cm³/mol. The lowest BCUT2D eigenvalue weighted by Gasteiger charge is -2.05. The van der Waals surface area contributed by atoms with Crippen molar-refractivity contribution in [3.05, 3.63) is 22.9 Å². The fourth-order valence-corrected chi connectivity index (χ4v) is 0.929. The average molecular weight is 158 g/mol. The third-order valence-corrected chi connectivity index (χ3v) is 1.51. The first kappa shape index (κ1) is 8.04. The van der Waals surface area contributed by atoms with E-state index >= 15 is 0 Å². The summed E-state index contributed by atoms with van der Waals surface area (Å²) in [5.74, 6) is 0. The Morgan fingerprint density at radius 3 is 3.00 bits per heavy atom. The molecule has 0 spiro atoms. The van der Waals surface area contributed by atoms with Gasteiger partial charge < -0.3 is 4.98 Å². The fraction of sp³-hybridized carbons (Fsp3) is 0.571. The van der Waals surface area contributed by atoms with Crippen LogP contribution in [0.1, 0.15) is 26.1 Å². The van der Waals surface area contributed by atoms with Crippen molar-refractivity contribution in [2.75, 3.05) is 0 Å². The van der Waals surface area contributed by atoms with E-state index in [9.17, 15) is 9.18 Å². The average Bonchev–Trinajstić information content (AvgIpc) is 2.36. The summed E-state index contributed by atoms with van der Waals surface area (Å²) in [5, 5.41) is 0. The topological polar surface area (TPSA) is 37.8 Å². The van der Waals surface area contributed by atoms with Crippen molar-refractivity contribution in [1.82, 2.24) is 9.55 Å². The first-order chi connectivity index (χ1) is 5.25. The van der Waals surface area contributed by atoms with Crippen LogP contribution in [0.25, 0.3) is 0 Å². The lowest BCUT2D eigenvalue weighted by atomic mass is 10.3. The fourth-order valence-electron chi connectivity index (χ4n) is 0.929. The molecular formula is C7H11FN2O. The Morgan fingerprint density at radius 1 is 1.82 bits per heavy atom. The Balaban J connectivity index is 2.75. The maximum Gasteiger partial charge on any atom is 0.327 e. The van der Waals surface area contributed by atoms with Gasteiger partial charge in [-0.3, -0.25) is 4.57 Å². The zero-order valence-corrected chi connectivity index (χ0v) is 6.38. The van der Waals surface area contributed by atoms with E-state index in [1.54, 1.807) is 0 Å². The summed E-state index contributed by atoms with van der Waals surface area (Å²) >= 11 is 0. The number of hydrogen-bond donors (Lipinski definition) is 1. The first-order valence-corrected chi connectivity index (χ1v) is 3.65. The second-order valence-electron chi connectivity index (χ2n) is 2.40. The van der Waals surface area contributed by atoms with Gasteiger partial charge in [-0.1, -0.05) is 13.3 Å². The summed E-state index contributed by atoms with van der Waals surface area (Å²) in [6.45, 7) is 1.88. The molecule has 0 bridgehead atoms. The van der Waals surface area contributed by atoms with Gasteiger partial charge in [0, 0.05) is 12.4 Å². The van der Waals surface area contributed by atoms with Gasteiger partial charge in [0.05, 0.1) is 0 Å². The summed E-state index contributed by atoms with van der Waals surface area (Å²) in [5.41, 5.74) is -0.383. The third kappa shape index (κ3) is 1.69. The van der Waals surface area contributed by atoms with Crippen LogP contribution in [0.3, 0.4) is 0 Å². The molecule has 0 saturated carbocycles. The molecule has 0 amide bonds. The van der Waals surface area contributed by atoms with Gasteiger partial charge in [-0.15, -0.1) is 0 Å². The van der Waals surface area contributed by atoms with Gasteiger partial charge in [-0.2, -0.15) is 0 Å². The number of rotatable bonds is 3. The Morgan fingerprint density at radius 2 is 2.55 bits per heavy atom. The maximum absolute atomic E-state index is 13.0. The van der Waals surface area contributed by atoms with Gasteiger partial charge in [0.25, 0.3) is 0 Å². The van der Waals surface area contributed by atoms with Crippen molar-refractivity contribution in [2.24, 2.45) is 0 Å². The van der Waals surface area contributed by atoms with Crippen LogP contribution in [0.4, 0.5) is 4.39 Å². The standard InChI is InChI=1S/C7H11FN2O/c1-2-3-6(8)10-5-4-9-7(10)11/h4-6H,2-3H2,1H3,(H,9,11). The number of aromatic amines is 1. The Hall–Kier alpha value is -1.06. The van der Waals surface area contributed by atoms with Gasteiger partial charge in [0.2, 0.25) is 0 Å². The van der Waals surface area contributed by atoms with Crippen molar-refractivity contribution >= 4 is 0 Å². The highest BCUT2D eigenvalue weighted by atomic mass is 19.1. The zero-order valence-electron chi connectivity index (χ0n) is 6.38. The molecule has 0 aromatic carbocycles. The van der Waals surface area contributed by atoms with Crippen molar-refractivity contribution in [3.63, 3.8) is 0 Å². The number of imidazole rings is 1. The largest absolute Gasteiger partial charge is 0.327 e. The summed E-state index contributed by atoms with van der Waals surface area (Å²) in [4.78, 5) is 13.2. The highest BCUT2D eigenvalue weighted by Crippen LogP contribution is 2.11. The normalized spacial score (nSPS) is 13.3. The van der Waals surface area contributed by atoms with Crippen LogP contribution in [-0.2, 0) is 0 Å². The van der Waals surface area contributed by atoms with E-state index in [1.165, 1.54) is 12.4 Å². The predicted octanol–water partition coefficient (Wildman–Crippen LogP) is 1.44. The van der Waals surface area contributed by atoms with E-state index in [0.717, 1.165) is 11.0 Å². The highest BCUT2D eigenvalue weighted by molar-refractivity contribution is 4.77. The molecule has 1 N–H and O–H groups in total. The molecular weight excluding hydrogens is 147 g/mol. The molecule has 3 nitrogen and oxygen atoms in total. The van der Waals surface area contributed by atoms with Crippen LogP contribution in [0.5, 0.6) is 0 Å². The first-order valence-electron chi connectivity index (χ1n) is 3.65. The molecule has 0 saturated heterocycles. The molecule has 1 heterocycles. The van der Waals surface area contributed by atoms with Crippen LogP contribution < -0.4 is 5.69 Å². The number of halogens is 1. The molecule has 0 aliphatic rings. The molecule has 1 unspecified atom stereocenters. The van der Waals surface area contributed by atoms with Crippen molar-refractivity contribution < 1.29 is 4.39 Å². The van der Waals surface area contributed by atoms with Crippen molar-refractivity contribution in [3.8, 4) is 0 Å². The summed E-state index contributed by atoms with van der Waals surface area (Å²) < 4.78 is 14.0. The quantitative estimate of drug-likeness (QED) is 0.710. The SMILES string of the molecule is CCCC(F)n1cc[nH]c1=O. The summed E-state index contributed by atoms with van der Waals surface area (Å²) in [6.07, 6.45) is 2.79. The number of H-pyrrole nitrogens is 1. The van der Waals surface area contributed by atoms with Gasteiger partial charge in [0.15, 0.2) is 6.30 Å². The minimum Gasteiger partial charge on any atom is -0.313 e. The second-order valence-corrected chi connectivity index (χ2v) is 2.40. The smallest absolute Gasteiger partial charge is 0.313 e. The summed E-state index contributed by atoms with van der Waals surface area (Å²) in [6, 6.07) is 0. The van der Waals surface area contributed by atoms with Crippen LogP contribution in [0.15, 0.2) is 17.2 Å². The number of aromatic nitrogens is 2. The molecule has 0 aliphatic carbocycles. The van der Waals surface area contributed by atoms with E-state index < -0.39 is 6.30 Å². The third-order valence-electron chi connectivity index (χ3n) is 1.51. The molecule has 1 rings (SSSR count). The lowest BCUT2D eigenvalue weighted by molar-refractivity contribution is 0.218. The van der Waals surface area contributed by atoms with Crippen molar-refractivity contribution in [2.45, 2.75) is 26.1 Å². The van der Waals surface area contributed by atoms with Crippen molar-refractivity contribution in [1.29, 1.82) is 0 Å². The minimum absolute atomic E-state index is 0.383. The second kappa shape index (κ2) is 3.37. The molecule has 0 aliphatic heterocycles. The molecule has 1 aromatic rings. The molecule has 0 radical (unpaired) electrons. The van der Waals surface area contributed by atoms with E-state index in [4.69, 9.17) is 0 Å². The van der Waals surface area contributed by atoms with Crippen LogP contribution in [-0.4, -0.2) is 9.55 Å². The number of hydrogen-bond acceptors (Lipinski definition) is 1. The Labute approximate surface area is 63.9 Å². The van der Waals surface area contributed by atoms with E-state index in [-0.39, 0.29) is 5.69 Å². The van der Waals surface area contributed by atoms with E-state index in [2.05, 4.69) is 4.98 Å². The number of nitrogens with zero attached hydrogens (tertiary/aromatic N) is 1. The monoisotopic (exact) mass is 158 g/mol. The van der Waals surface area contributed by atoms with E-state index in [0.29, 0.717) is 6.42 Å². The summed E-state index contributed by atoms with van der Waals surface area (Å²) in [7, 11) is 0. The van der Waals surface area contributed by atoms with E-state index in [1.807, 2.05) is 6.92 Å². The molecule has 11 heavy (non-hydrogen) atoms. The Kier molecular flexibility index (Phi) is 2.46. The highest BCUT2D eigenvalue weighted by Gasteiger charge is 2.08. The number of alkyl halides is 1. The minimum atomic E-state index is -1.18. The van der Waals surface area contributed by atoms with Gasteiger partial charge >= 0.3 is 5.69 Å². The van der Waals surface area contributed by atoms with Crippen LogP contribution in [0, 0.1) is 0 Å². The van der Waals surface area contributed by atoms with Crippen LogP contribution in [0.2, 0.25) is 0 Å². The molecule has 0 fully saturated rings. The number of nitrogens with one attached hydrogen (secondary N) is 1.